The molecule has 2 rings (SSSR count). The van der Waals surface area contributed by atoms with Crippen LogP contribution < -0.4 is 16.0 Å². The maximum atomic E-state index is 11.7. The fourth-order valence-electron chi connectivity index (χ4n) is 2.89. The number of nitrogens with zero attached hydrogens (tertiary/aromatic N) is 1. The Bertz CT molecular complexity index is 496. The summed E-state index contributed by atoms with van der Waals surface area (Å²) in [5, 5.41) is 0. The van der Waals surface area contributed by atoms with Gasteiger partial charge in [0.1, 0.15) is 12.4 Å². The van der Waals surface area contributed by atoms with Crippen LogP contribution in [0.1, 0.15) is 25.3 Å². The Kier molecular flexibility index (Phi) is 7.32. The van der Waals surface area contributed by atoms with E-state index >= 15 is 0 Å². The lowest BCUT2D eigenvalue weighted by Gasteiger charge is -2.31. The van der Waals surface area contributed by atoms with Crippen LogP contribution in [0.3, 0.4) is 0 Å². The van der Waals surface area contributed by atoms with E-state index in [2.05, 4.69) is 22.5 Å². The summed E-state index contributed by atoms with van der Waals surface area (Å²) in [7, 11) is 0. The second kappa shape index (κ2) is 9.50. The summed E-state index contributed by atoms with van der Waals surface area (Å²) in [6, 6.07) is 8.09. The van der Waals surface area contributed by atoms with Crippen molar-refractivity contribution in [3.05, 3.63) is 29.8 Å². The van der Waals surface area contributed by atoms with Crippen LogP contribution in [0.2, 0.25) is 0 Å². The number of hydrogen-bond acceptors (Lipinski definition) is 5. The number of benzene rings is 1. The lowest BCUT2D eigenvalue weighted by atomic mass is 9.97. The van der Waals surface area contributed by atoms with Gasteiger partial charge in [-0.15, -0.1) is 0 Å². The van der Waals surface area contributed by atoms with Gasteiger partial charge in [-0.05, 0) is 44.0 Å². The van der Waals surface area contributed by atoms with Gasteiger partial charge in [-0.2, -0.15) is 0 Å². The summed E-state index contributed by atoms with van der Waals surface area (Å²) in [5.41, 5.74) is 3.45. The molecule has 6 nitrogen and oxygen atoms in total. The Labute approximate surface area is 137 Å². The fourth-order valence-corrected chi connectivity index (χ4v) is 2.89. The van der Waals surface area contributed by atoms with E-state index in [0.29, 0.717) is 19.8 Å². The zero-order valence-corrected chi connectivity index (χ0v) is 13.8. The van der Waals surface area contributed by atoms with Crippen LogP contribution in [-0.2, 0) is 16.1 Å². The molecule has 3 N–H and O–H groups in total. The lowest BCUT2D eigenvalue weighted by molar-refractivity contribution is -0.126. The zero-order chi connectivity index (χ0) is 16.5. The third-order valence-corrected chi connectivity index (χ3v) is 4.02. The van der Waals surface area contributed by atoms with Gasteiger partial charge in [0.2, 0.25) is 5.91 Å². The highest BCUT2D eigenvalue weighted by Gasteiger charge is 2.25. The highest BCUT2D eigenvalue weighted by molar-refractivity contribution is 5.78. The number of amides is 1. The molecule has 1 aliphatic heterocycles. The molecule has 0 radical (unpaired) electrons. The molecule has 0 aliphatic carbocycles. The summed E-state index contributed by atoms with van der Waals surface area (Å²) in [5.74, 6) is 6.02. The molecule has 1 amide bonds. The van der Waals surface area contributed by atoms with Gasteiger partial charge in [-0.1, -0.05) is 12.1 Å². The summed E-state index contributed by atoms with van der Waals surface area (Å²) < 4.78 is 11.0. The molecule has 0 bridgehead atoms. The molecule has 6 heteroatoms. The van der Waals surface area contributed by atoms with Crippen LogP contribution >= 0.6 is 0 Å². The summed E-state index contributed by atoms with van der Waals surface area (Å²) in [4.78, 5) is 14.0. The molecule has 1 heterocycles. The van der Waals surface area contributed by atoms with Crippen molar-refractivity contribution in [1.29, 1.82) is 0 Å². The van der Waals surface area contributed by atoms with E-state index < -0.39 is 0 Å². The number of hydrogen-bond donors (Lipinski definition) is 2. The van der Waals surface area contributed by atoms with Gasteiger partial charge in [0.15, 0.2) is 0 Å². The van der Waals surface area contributed by atoms with Crippen molar-refractivity contribution in [2.24, 2.45) is 11.8 Å². The molecular formula is C17H27N3O3. The number of nitrogens with two attached hydrogens (primary N) is 1. The topological polar surface area (TPSA) is 76.8 Å². The number of rotatable bonds is 8. The molecule has 1 atom stereocenters. The van der Waals surface area contributed by atoms with Crippen molar-refractivity contribution >= 4 is 5.91 Å². The standard InChI is InChI=1S/C17H27N3O3/c1-2-22-9-10-23-16-7-3-5-14(11-16)12-20-8-4-6-15(13-20)17(21)19-18/h3,5,7,11,15H,2,4,6,8-10,12-13,18H2,1H3,(H,19,21). The summed E-state index contributed by atoms with van der Waals surface area (Å²) in [6.07, 6.45) is 1.92. The van der Waals surface area contributed by atoms with E-state index in [0.717, 1.165) is 38.2 Å². The van der Waals surface area contributed by atoms with Gasteiger partial charge in [-0.3, -0.25) is 15.1 Å². The van der Waals surface area contributed by atoms with Crippen molar-refractivity contribution in [1.82, 2.24) is 10.3 Å². The van der Waals surface area contributed by atoms with E-state index in [1.54, 1.807) is 0 Å². The first-order valence-electron chi connectivity index (χ1n) is 8.25. The van der Waals surface area contributed by atoms with Gasteiger partial charge in [-0.25, -0.2) is 5.84 Å². The van der Waals surface area contributed by atoms with Crippen LogP contribution in [0.25, 0.3) is 0 Å². The van der Waals surface area contributed by atoms with E-state index in [1.165, 1.54) is 5.56 Å². The number of piperidine rings is 1. The van der Waals surface area contributed by atoms with Crippen molar-refractivity contribution in [2.75, 3.05) is 32.9 Å². The minimum atomic E-state index is -0.0669. The molecule has 0 aromatic heterocycles. The molecule has 1 unspecified atom stereocenters. The van der Waals surface area contributed by atoms with Crippen molar-refractivity contribution < 1.29 is 14.3 Å². The van der Waals surface area contributed by atoms with Crippen LogP contribution in [0.15, 0.2) is 24.3 Å². The first-order chi connectivity index (χ1) is 11.2. The molecule has 1 aromatic carbocycles. The van der Waals surface area contributed by atoms with E-state index in [-0.39, 0.29) is 11.8 Å². The zero-order valence-electron chi connectivity index (χ0n) is 13.8. The maximum absolute atomic E-state index is 11.7. The van der Waals surface area contributed by atoms with Crippen molar-refractivity contribution in [3.8, 4) is 5.75 Å². The average Bonchev–Trinajstić information content (AvgIpc) is 2.58. The number of nitrogens with one attached hydrogen (secondary N) is 1. The Morgan fingerprint density at radius 2 is 2.30 bits per heavy atom. The van der Waals surface area contributed by atoms with Crippen molar-refractivity contribution in [2.45, 2.75) is 26.3 Å². The average molecular weight is 321 g/mol. The Morgan fingerprint density at radius 1 is 1.43 bits per heavy atom. The smallest absolute Gasteiger partial charge is 0.238 e. The van der Waals surface area contributed by atoms with Crippen LogP contribution in [-0.4, -0.2) is 43.7 Å². The molecule has 1 aliphatic rings. The highest BCUT2D eigenvalue weighted by atomic mass is 16.5. The molecule has 0 spiro atoms. The van der Waals surface area contributed by atoms with Gasteiger partial charge < -0.3 is 9.47 Å². The second-order valence-corrected chi connectivity index (χ2v) is 5.78. The predicted octanol–water partition coefficient (Wildman–Crippen LogP) is 1.30. The minimum absolute atomic E-state index is 0.0145. The van der Waals surface area contributed by atoms with E-state index in [4.69, 9.17) is 15.3 Å². The quantitative estimate of drug-likeness (QED) is 0.327. The lowest BCUT2D eigenvalue weighted by Crippen LogP contribution is -2.44. The normalized spacial score (nSPS) is 18.6. The predicted molar refractivity (Wildman–Crippen MR) is 88.8 cm³/mol. The third-order valence-electron chi connectivity index (χ3n) is 4.02. The molecule has 23 heavy (non-hydrogen) atoms. The molecule has 1 saturated heterocycles. The Morgan fingerprint density at radius 3 is 3.09 bits per heavy atom. The van der Waals surface area contributed by atoms with Crippen molar-refractivity contribution in [3.63, 3.8) is 0 Å². The van der Waals surface area contributed by atoms with Crippen LogP contribution in [0.4, 0.5) is 0 Å². The van der Waals surface area contributed by atoms with Gasteiger partial charge in [0.25, 0.3) is 0 Å². The highest BCUT2D eigenvalue weighted by Crippen LogP contribution is 2.20. The van der Waals surface area contributed by atoms with E-state index in [1.807, 2.05) is 19.1 Å². The molecule has 128 valence electrons. The SMILES string of the molecule is CCOCCOc1cccc(CN2CCCC(C(=O)NN)C2)c1. The largest absolute Gasteiger partial charge is 0.491 e. The maximum Gasteiger partial charge on any atom is 0.238 e. The summed E-state index contributed by atoms with van der Waals surface area (Å²) >= 11 is 0. The van der Waals surface area contributed by atoms with Crippen LogP contribution in [0.5, 0.6) is 5.75 Å². The number of ether oxygens (including phenoxy) is 2. The second-order valence-electron chi connectivity index (χ2n) is 5.78. The van der Waals surface area contributed by atoms with E-state index in [9.17, 15) is 4.79 Å². The molecule has 0 saturated carbocycles. The van der Waals surface area contributed by atoms with Gasteiger partial charge in [0.05, 0.1) is 12.5 Å². The minimum Gasteiger partial charge on any atom is -0.491 e. The molecule has 1 aromatic rings. The number of hydrazine groups is 1. The van der Waals surface area contributed by atoms with Crippen LogP contribution in [0, 0.1) is 5.92 Å². The number of carbonyl (C=O) groups is 1. The summed E-state index contributed by atoms with van der Waals surface area (Å²) in [6.45, 7) is 6.40. The number of likely N-dealkylation sites (tertiary alicyclic amines) is 1. The first kappa shape index (κ1) is 17.7. The van der Waals surface area contributed by atoms with Gasteiger partial charge in [0, 0.05) is 19.7 Å². The molecule has 1 fully saturated rings. The van der Waals surface area contributed by atoms with Gasteiger partial charge >= 0.3 is 0 Å². The first-order valence-corrected chi connectivity index (χ1v) is 8.25. The number of carbonyl (C=O) groups excluding carboxylic acids is 1. The third kappa shape index (κ3) is 5.82. The Balaban J connectivity index is 1.85. The molecular weight excluding hydrogens is 294 g/mol. The Hall–Kier alpha value is -1.63. The monoisotopic (exact) mass is 321 g/mol. The fraction of sp³-hybridized carbons (Fsp3) is 0.588.